The van der Waals surface area contributed by atoms with E-state index in [1.807, 2.05) is 43.3 Å². The molecule has 3 aromatic rings. The molecule has 0 fully saturated rings. The number of unbranched alkanes of at least 4 members (excludes halogenated alkanes) is 7. The molecule has 0 bridgehead atoms. The number of hydrogen-bond donors (Lipinski definition) is 1. The van der Waals surface area contributed by atoms with Crippen LogP contribution in [0.25, 0.3) is 11.0 Å². The minimum Gasteiger partial charge on any atom is -0.345 e. The monoisotopic (exact) mass is 405 g/mol. The number of carbonyl (C=O) groups excluding carboxylic acids is 1. The number of carbonyl (C=O) groups is 1. The molecule has 2 aromatic carbocycles. The van der Waals surface area contributed by atoms with Crippen molar-refractivity contribution in [2.75, 3.05) is 0 Å². The zero-order valence-electron chi connectivity index (χ0n) is 18.5. The molecule has 4 nitrogen and oxygen atoms in total. The van der Waals surface area contributed by atoms with Gasteiger partial charge in [-0.15, -0.1) is 0 Å². The van der Waals surface area contributed by atoms with Crippen molar-refractivity contribution in [1.29, 1.82) is 0 Å². The Bertz CT molecular complexity index is 944. The fourth-order valence-electron chi connectivity index (χ4n) is 4.00. The lowest BCUT2D eigenvalue weighted by atomic mass is 10.1. The van der Waals surface area contributed by atoms with Gasteiger partial charge in [0, 0.05) is 12.1 Å². The average molecular weight is 406 g/mol. The third-order valence-corrected chi connectivity index (χ3v) is 5.77. The molecule has 3 rings (SSSR count). The van der Waals surface area contributed by atoms with E-state index >= 15 is 0 Å². The zero-order chi connectivity index (χ0) is 21.2. The van der Waals surface area contributed by atoms with Gasteiger partial charge in [-0.25, -0.2) is 4.98 Å². The van der Waals surface area contributed by atoms with Crippen LogP contribution in [0.4, 0.5) is 0 Å². The summed E-state index contributed by atoms with van der Waals surface area (Å²) < 4.78 is 2.28. The van der Waals surface area contributed by atoms with Crippen molar-refractivity contribution in [3.05, 3.63) is 65.5 Å². The maximum Gasteiger partial charge on any atom is 0.251 e. The smallest absolute Gasteiger partial charge is 0.251 e. The van der Waals surface area contributed by atoms with Crippen LogP contribution in [0, 0.1) is 6.92 Å². The highest BCUT2D eigenvalue weighted by Gasteiger charge is 2.13. The zero-order valence-corrected chi connectivity index (χ0v) is 18.5. The third kappa shape index (κ3) is 5.94. The van der Waals surface area contributed by atoms with Crippen molar-refractivity contribution < 1.29 is 4.79 Å². The van der Waals surface area contributed by atoms with Gasteiger partial charge in [-0.2, -0.15) is 0 Å². The molecular formula is C26H35N3O. The molecule has 1 amide bonds. The molecule has 0 atom stereocenters. The molecule has 4 heteroatoms. The lowest BCUT2D eigenvalue weighted by molar-refractivity contribution is 0.0949. The van der Waals surface area contributed by atoms with Gasteiger partial charge >= 0.3 is 0 Å². The number of hydrogen-bond acceptors (Lipinski definition) is 2. The molecular weight excluding hydrogens is 370 g/mol. The van der Waals surface area contributed by atoms with Crippen LogP contribution in [0.3, 0.4) is 0 Å². The largest absolute Gasteiger partial charge is 0.345 e. The van der Waals surface area contributed by atoms with Gasteiger partial charge in [0.15, 0.2) is 0 Å². The van der Waals surface area contributed by atoms with Gasteiger partial charge in [0.25, 0.3) is 5.91 Å². The van der Waals surface area contributed by atoms with Crippen LogP contribution in [0.5, 0.6) is 0 Å². The first-order chi connectivity index (χ1) is 14.7. The van der Waals surface area contributed by atoms with Crippen LogP contribution in [-0.4, -0.2) is 15.5 Å². The summed E-state index contributed by atoms with van der Waals surface area (Å²) in [6.45, 7) is 5.62. The SMILES string of the molecule is CCCCCCCCCCn1c(CNC(=O)c2ccccc2C)nc2ccccc21. The molecule has 1 aromatic heterocycles. The molecule has 1 N–H and O–H groups in total. The maximum atomic E-state index is 12.6. The topological polar surface area (TPSA) is 46.9 Å². The van der Waals surface area contributed by atoms with Gasteiger partial charge in [0.1, 0.15) is 5.82 Å². The Labute approximate surface area is 180 Å². The van der Waals surface area contributed by atoms with Gasteiger partial charge < -0.3 is 9.88 Å². The van der Waals surface area contributed by atoms with E-state index < -0.39 is 0 Å². The Kier molecular flexibility index (Phi) is 8.49. The fraction of sp³-hybridized carbons (Fsp3) is 0.462. The van der Waals surface area contributed by atoms with E-state index in [2.05, 4.69) is 28.9 Å². The number of benzene rings is 2. The van der Waals surface area contributed by atoms with Crippen molar-refractivity contribution in [2.24, 2.45) is 0 Å². The van der Waals surface area contributed by atoms with Crippen molar-refractivity contribution in [2.45, 2.75) is 78.3 Å². The first-order valence-electron chi connectivity index (χ1n) is 11.5. The number of para-hydroxylation sites is 2. The van der Waals surface area contributed by atoms with Gasteiger partial charge in [0.2, 0.25) is 0 Å². The van der Waals surface area contributed by atoms with Crippen molar-refractivity contribution in [1.82, 2.24) is 14.9 Å². The average Bonchev–Trinajstić information content (AvgIpc) is 3.12. The highest BCUT2D eigenvalue weighted by atomic mass is 16.1. The quantitative estimate of drug-likeness (QED) is 0.354. The van der Waals surface area contributed by atoms with E-state index in [4.69, 9.17) is 4.98 Å². The van der Waals surface area contributed by atoms with E-state index in [1.54, 1.807) is 0 Å². The predicted molar refractivity (Wildman–Crippen MR) is 125 cm³/mol. The summed E-state index contributed by atoms with van der Waals surface area (Å²) in [7, 11) is 0. The number of nitrogens with zero attached hydrogens (tertiary/aromatic N) is 2. The van der Waals surface area contributed by atoms with Gasteiger partial charge in [-0.3, -0.25) is 4.79 Å². The Morgan fingerprint density at radius 3 is 2.33 bits per heavy atom. The molecule has 0 aliphatic heterocycles. The van der Waals surface area contributed by atoms with Gasteiger partial charge in [-0.05, 0) is 37.1 Å². The first-order valence-corrected chi connectivity index (χ1v) is 11.5. The van der Waals surface area contributed by atoms with Crippen LogP contribution < -0.4 is 5.32 Å². The van der Waals surface area contributed by atoms with Crippen LogP contribution in [0.15, 0.2) is 48.5 Å². The van der Waals surface area contributed by atoms with E-state index in [1.165, 1.54) is 44.9 Å². The molecule has 0 saturated heterocycles. The van der Waals surface area contributed by atoms with E-state index in [0.29, 0.717) is 6.54 Å². The van der Waals surface area contributed by atoms with Crippen molar-refractivity contribution in [3.63, 3.8) is 0 Å². The molecule has 30 heavy (non-hydrogen) atoms. The Morgan fingerprint density at radius 2 is 1.57 bits per heavy atom. The Balaban J connectivity index is 1.59. The number of rotatable bonds is 12. The summed E-state index contributed by atoms with van der Waals surface area (Å²) in [5, 5.41) is 3.07. The number of imidazole rings is 1. The molecule has 0 aliphatic carbocycles. The Hall–Kier alpha value is -2.62. The van der Waals surface area contributed by atoms with Crippen LogP contribution in [-0.2, 0) is 13.1 Å². The molecule has 0 saturated carbocycles. The number of amides is 1. The number of aromatic nitrogens is 2. The fourth-order valence-corrected chi connectivity index (χ4v) is 4.00. The van der Waals surface area contributed by atoms with Gasteiger partial charge in [0.05, 0.1) is 17.6 Å². The third-order valence-electron chi connectivity index (χ3n) is 5.77. The van der Waals surface area contributed by atoms with Crippen LogP contribution in [0.1, 0.15) is 80.0 Å². The second kappa shape index (κ2) is 11.5. The summed E-state index contributed by atoms with van der Waals surface area (Å²) in [5.74, 6) is 0.889. The highest BCUT2D eigenvalue weighted by molar-refractivity contribution is 5.95. The summed E-state index contributed by atoms with van der Waals surface area (Å²) >= 11 is 0. The van der Waals surface area contributed by atoms with E-state index in [-0.39, 0.29) is 5.91 Å². The molecule has 160 valence electrons. The lowest BCUT2D eigenvalue weighted by Gasteiger charge is -2.11. The minimum absolute atomic E-state index is 0.0428. The first kappa shape index (κ1) is 22.1. The summed E-state index contributed by atoms with van der Waals surface area (Å²) in [5.41, 5.74) is 3.86. The number of aryl methyl sites for hydroxylation is 2. The molecule has 1 heterocycles. The summed E-state index contributed by atoms with van der Waals surface area (Å²) in [4.78, 5) is 17.4. The standard InChI is InChI=1S/C26H35N3O/c1-3-4-5-6-7-8-9-14-19-29-24-18-13-12-17-23(24)28-25(29)20-27-26(30)22-16-11-10-15-21(22)2/h10-13,15-18H,3-9,14,19-20H2,1-2H3,(H,27,30). The summed E-state index contributed by atoms with van der Waals surface area (Å²) in [6.07, 6.45) is 10.4. The van der Waals surface area contributed by atoms with Crippen molar-refractivity contribution >= 4 is 16.9 Å². The number of fused-ring (bicyclic) bond motifs is 1. The minimum atomic E-state index is -0.0428. The van der Waals surface area contributed by atoms with Crippen LogP contribution >= 0.6 is 0 Å². The molecule has 0 spiro atoms. The molecule has 0 radical (unpaired) electrons. The maximum absolute atomic E-state index is 12.6. The van der Waals surface area contributed by atoms with E-state index in [0.717, 1.165) is 41.0 Å². The van der Waals surface area contributed by atoms with Crippen molar-refractivity contribution in [3.8, 4) is 0 Å². The van der Waals surface area contributed by atoms with Gasteiger partial charge in [-0.1, -0.05) is 82.2 Å². The van der Waals surface area contributed by atoms with Crippen LogP contribution in [0.2, 0.25) is 0 Å². The number of nitrogens with one attached hydrogen (secondary N) is 1. The predicted octanol–water partition coefficient (Wildman–Crippen LogP) is 6.42. The van der Waals surface area contributed by atoms with E-state index in [9.17, 15) is 4.79 Å². The molecule has 0 aliphatic rings. The second-order valence-corrected chi connectivity index (χ2v) is 8.14. The second-order valence-electron chi connectivity index (χ2n) is 8.14. The molecule has 0 unspecified atom stereocenters. The normalized spacial score (nSPS) is 11.1. The highest BCUT2D eigenvalue weighted by Crippen LogP contribution is 2.18. The summed E-state index contributed by atoms with van der Waals surface area (Å²) in [6, 6.07) is 15.9. The Morgan fingerprint density at radius 1 is 0.900 bits per heavy atom. The lowest BCUT2D eigenvalue weighted by Crippen LogP contribution is -2.25.